The second kappa shape index (κ2) is 7.33. The van der Waals surface area contributed by atoms with Crippen LogP contribution in [0.4, 0.5) is 5.69 Å². The Bertz CT molecular complexity index is 941. The van der Waals surface area contributed by atoms with Gasteiger partial charge in [-0.05, 0) is 17.7 Å². The number of carbonyl (C=O) groups excluding carboxylic acids is 2. The van der Waals surface area contributed by atoms with Gasteiger partial charge in [0, 0.05) is 13.1 Å². The molecule has 3 atom stereocenters. The Morgan fingerprint density at radius 3 is 2.24 bits per heavy atom. The van der Waals surface area contributed by atoms with Crippen LogP contribution in [0.25, 0.3) is 0 Å². The molecule has 2 aromatic rings. The smallest absolute Gasteiger partial charge is 0.257 e. The number of anilines is 1. The van der Waals surface area contributed by atoms with Crippen molar-refractivity contribution in [3.05, 3.63) is 66.2 Å². The van der Waals surface area contributed by atoms with Crippen LogP contribution < -0.4 is 10.2 Å². The summed E-state index contributed by atoms with van der Waals surface area (Å²) in [5.74, 6) is -0.348. The highest BCUT2D eigenvalue weighted by Gasteiger charge is 2.54. The van der Waals surface area contributed by atoms with Crippen molar-refractivity contribution in [2.24, 2.45) is 10.9 Å². The Morgan fingerprint density at radius 2 is 1.55 bits per heavy atom. The minimum Gasteiger partial charge on any atom is -0.378 e. The lowest BCUT2D eigenvalue weighted by Gasteiger charge is -2.37. The molecule has 3 aliphatic rings. The van der Waals surface area contributed by atoms with E-state index in [2.05, 4.69) is 10.2 Å². The summed E-state index contributed by atoms with van der Waals surface area (Å²) < 4.78 is 5.45. The normalized spacial score (nSPS) is 26.8. The number of hydrogen-bond donors (Lipinski definition) is 1. The molecule has 3 aliphatic heterocycles. The van der Waals surface area contributed by atoms with Gasteiger partial charge in [-0.2, -0.15) is 0 Å². The zero-order valence-corrected chi connectivity index (χ0v) is 15.9. The Balaban J connectivity index is 1.55. The molecule has 1 N–H and O–H groups in total. The number of hydrogen-bond acceptors (Lipinski definition) is 6. The maximum absolute atomic E-state index is 13.4. The number of benzene rings is 2. The highest BCUT2D eigenvalue weighted by atomic mass is 16.5. The first kappa shape index (κ1) is 17.9. The van der Waals surface area contributed by atoms with Gasteiger partial charge in [0.2, 0.25) is 5.91 Å². The highest BCUT2D eigenvalue weighted by Crippen LogP contribution is 2.39. The van der Waals surface area contributed by atoms with Crippen molar-refractivity contribution in [3.8, 4) is 0 Å². The van der Waals surface area contributed by atoms with Crippen LogP contribution in [0.2, 0.25) is 0 Å². The van der Waals surface area contributed by atoms with Crippen molar-refractivity contribution in [1.29, 1.82) is 0 Å². The molecule has 0 unspecified atom stereocenters. The van der Waals surface area contributed by atoms with E-state index in [9.17, 15) is 9.59 Å². The van der Waals surface area contributed by atoms with Crippen LogP contribution in [0, 0.1) is 5.92 Å². The fraction of sp³-hybridized carbons (Fsp3) is 0.318. The number of nitrogens with zero attached hydrogens (tertiary/aromatic N) is 3. The summed E-state index contributed by atoms with van der Waals surface area (Å²) >= 11 is 0. The second-order valence-corrected chi connectivity index (χ2v) is 7.40. The van der Waals surface area contributed by atoms with E-state index in [1.54, 1.807) is 12.1 Å². The summed E-state index contributed by atoms with van der Waals surface area (Å²) in [5, 5.41) is 3.27. The molecule has 29 heavy (non-hydrogen) atoms. The van der Waals surface area contributed by atoms with Crippen LogP contribution in [0.3, 0.4) is 0 Å². The van der Waals surface area contributed by atoms with Crippen LogP contribution in [0.15, 0.2) is 65.7 Å². The van der Waals surface area contributed by atoms with Gasteiger partial charge in [-0.25, -0.2) is 9.89 Å². The van der Waals surface area contributed by atoms with Crippen molar-refractivity contribution in [3.63, 3.8) is 0 Å². The first-order valence-electron chi connectivity index (χ1n) is 9.89. The van der Waals surface area contributed by atoms with Gasteiger partial charge in [-0.1, -0.05) is 48.5 Å². The highest BCUT2D eigenvalue weighted by molar-refractivity contribution is 6.24. The van der Waals surface area contributed by atoms with Gasteiger partial charge in [0.25, 0.3) is 5.91 Å². The van der Waals surface area contributed by atoms with Gasteiger partial charge < -0.3 is 15.0 Å². The predicted octanol–water partition coefficient (Wildman–Crippen LogP) is 1.58. The van der Waals surface area contributed by atoms with E-state index in [1.165, 1.54) is 4.90 Å². The predicted molar refractivity (Wildman–Crippen MR) is 108 cm³/mol. The zero-order chi connectivity index (χ0) is 19.8. The van der Waals surface area contributed by atoms with Gasteiger partial charge in [0.05, 0.1) is 30.9 Å². The number of ether oxygens (including phenoxy) is 1. The standard InChI is InChI=1S/C22H22N4O3/c27-20-17-18(15-7-3-1-4-8-15)23-22(25-11-13-29-14-12-25)24-19(17)21(28)26(20)16-9-5-2-6-10-16/h1-10,17-19H,11-14H2,(H,23,24)/t17-,18+,19+/m0/s1. The molecule has 0 aromatic heterocycles. The zero-order valence-electron chi connectivity index (χ0n) is 15.9. The monoisotopic (exact) mass is 390 g/mol. The Hall–Kier alpha value is -3.19. The Morgan fingerprint density at radius 1 is 0.897 bits per heavy atom. The molecule has 148 valence electrons. The van der Waals surface area contributed by atoms with E-state index in [-0.39, 0.29) is 11.8 Å². The molecule has 0 spiro atoms. The number of aliphatic imine (C=N–C) groups is 1. The number of para-hydroxylation sites is 1. The van der Waals surface area contributed by atoms with E-state index >= 15 is 0 Å². The van der Waals surface area contributed by atoms with Crippen molar-refractivity contribution in [2.45, 2.75) is 12.1 Å². The molecule has 0 aliphatic carbocycles. The summed E-state index contributed by atoms with van der Waals surface area (Å²) in [6.07, 6.45) is 0. The van der Waals surface area contributed by atoms with Crippen LogP contribution in [-0.4, -0.2) is 55.0 Å². The summed E-state index contributed by atoms with van der Waals surface area (Å²) in [5.41, 5.74) is 1.53. The van der Waals surface area contributed by atoms with Gasteiger partial charge in [-0.15, -0.1) is 0 Å². The lowest BCUT2D eigenvalue weighted by molar-refractivity contribution is -0.122. The van der Waals surface area contributed by atoms with E-state index in [0.29, 0.717) is 38.0 Å². The molecule has 3 heterocycles. The van der Waals surface area contributed by atoms with E-state index in [1.807, 2.05) is 48.5 Å². The van der Waals surface area contributed by atoms with Crippen molar-refractivity contribution >= 4 is 23.5 Å². The largest absolute Gasteiger partial charge is 0.378 e. The van der Waals surface area contributed by atoms with E-state index in [4.69, 9.17) is 9.73 Å². The lowest BCUT2D eigenvalue weighted by Crippen LogP contribution is -2.56. The van der Waals surface area contributed by atoms with Crippen LogP contribution in [0.1, 0.15) is 11.6 Å². The quantitative estimate of drug-likeness (QED) is 0.788. The fourth-order valence-electron chi connectivity index (χ4n) is 4.26. The number of carbonyl (C=O) groups is 2. The molecule has 2 aromatic carbocycles. The molecule has 0 radical (unpaired) electrons. The van der Waals surface area contributed by atoms with Gasteiger partial charge in [-0.3, -0.25) is 9.59 Å². The van der Waals surface area contributed by atoms with Gasteiger partial charge >= 0.3 is 0 Å². The summed E-state index contributed by atoms with van der Waals surface area (Å²) in [6, 6.07) is 17.8. The van der Waals surface area contributed by atoms with Crippen molar-refractivity contribution < 1.29 is 14.3 Å². The topological polar surface area (TPSA) is 74.2 Å². The summed E-state index contributed by atoms with van der Waals surface area (Å²) in [6.45, 7) is 2.65. The van der Waals surface area contributed by atoms with Crippen LogP contribution in [-0.2, 0) is 14.3 Å². The fourth-order valence-corrected chi connectivity index (χ4v) is 4.26. The summed E-state index contributed by atoms with van der Waals surface area (Å²) in [7, 11) is 0. The SMILES string of the molecule is O=C1[C@H]2[C@@H](c3ccccc3)N=C(N3CCOCC3)N[C@H]2C(=O)N1c1ccccc1. The molecule has 2 fully saturated rings. The van der Waals surface area contributed by atoms with Crippen LogP contribution in [0.5, 0.6) is 0 Å². The van der Waals surface area contributed by atoms with E-state index < -0.39 is 18.0 Å². The number of amides is 2. The number of fused-ring (bicyclic) bond motifs is 1. The molecule has 7 heteroatoms. The first-order valence-corrected chi connectivity index (χ1v) is 9.89. The van der Waals surface area contributed by atoms with Gasteiger partial charge in [0.1, 0.15) is 6.04 Å². The molecular weight excluding hydrogens is 368 g/mol. The number of imide groups is 1. The molecule has 0 saturated carbocycles. The molecule has 2 saturated heterocycles. The van der Waals surface area contributed by atoms with Gasteiger partial charge in [0.15, 0.2) is 5.96 Å². The number of nitrogens with one attached hydrogen (secondary N) is 1. The molecule has 2 amide bonds. The third-order valence-electron chi connectivity index (χ3n) is 5.70. The molecule has 7 nitrogen and oxygen atoms in total. The summed E-state index contributed by atoms with van der Waals surface area (Å²) in [4.78, 5) is 35.0. The minimum atomic E-state index is -0.636. The first-order chi connectivity index (χ1) is 14.2. The third-order valence-corrected chi connectivity index (χ3v) is 5.70. The maximum atomic E-state index is 13.4. The Kier molecular flexibility index (Phi) is 4.52. The van der Waals surface area contributed by atoms with Crippen molar-refractivity contribution in [1.82, 2.24) is 10.2 Å². The van der Waals surface area contributed by atoms with Crippen molar-refractivity contribution in [2.75, 3.05) is 31.2 Å². The lowest BCUT2D eigenvalue weighted by atomic mass is 9.87. The average Bonchev–Trinajstić information content (AvgIpc) is 3.05. The number of rotatable bonds is 2. The number of morpholine rings is 1. The average molecular weight is 390 g/mol. The Labute approximate surface area is 169 Å². The minimum absolute atomic E-state index is 0.211. The molecular formula is C22H22N4O3. The second-order valence-electron chi connectivity index (χ2n) is 7.40. The van der Waals surface area contributed by atoms with Crippen LogP contribution >= 0.6 is 0 Å². The molecule has 5 rings (SSSR count). The third kappa shape index (κ3) is 3.07. The number of guanidine groups is 1. The maximum Gasteiger partial charge on any atom is 0.257 e. The molecule has 0 bridgehead atoms. The van der Waals surface area contributed by atoms with E-state index in [0.717, 1.165) is 5.56 Å².